The maximum absolute atomic E-state index is 12.2. The van der Waals surface area contributed by atoms with Crippen molar-refractivity contribution in [3.05, 3.63) is 64.7 Å². The van der Waals surface area contributed by atoms with Gasteiger partial charge in [0.1, 0.15) is 0 Å². The summed E-state index contributed by atoms with van der Waals surface area (Å²) >= 11 is 0. The molecule has 128 valence electrons. The Morgan fingerprint density at radius 1 is 1.24 bits per heavy atom. The number of H-pyrrole nitrogens is 1. The van der Waals surface area contributed by atoms with Crippen LogP contribution in [0.1, 0.15) is 16.8 Å². The minimum atomic E-state index is -0.423. The predicted molar refractivity (Wildman–Crippen MR) is 92.9 cm³/mol. The van der Waals surface area contributed by atoms with Crippen molar-refractivity contribution in [1.29, 1.82) is 0 Å². The fourth-order valence-electron chi connectivity index (χ4n) is 3.15. The van der Waals surface area contributed by atoms with Crippen molar-refractivity contribution in [3.63, 3.8) is 0 Å². The Morgan fingerprint density at radius 3 is 2.92 bits per heavy atom. The molecular weight excluding hydrogens is 320 g/mol. The standard InChI is InChI=1S/C18H18N4O3/c23-17(14-6-7-16-19-20-18(24)22(16)11-14)25-12-13-8-9-21(10-13)15-4-2-1-3-5-15/h1-7,11,13H,8-10,12H2,(H,20,24). The molecular formula is C18H18N4O3. The van der Waals surface area contributed by atoms with Crippen LogP contribution >= 0.6 is 0 Å². The Hall–Kier alpha value is -3.09. The first-order valence-electron chi connectivity index (χ1n) is 8.24. The number of aromatic amines is 1. The number of carbonyl (C=O) groups excluding carboxylic acids is 1. The Morgan fingerprint density at radius 2 is 2.08 bits per heavy atom. The quantitative estimate of drug-likeness (QED) is 0.733. The van der Waals surface area contributed by atoms with Gasteiger partial charge in [-0.25, -0.2) is 19.1 Å². The normalized spacial score (nSPS) is 17.1. The van der Waals surface area contributed by atoms with E-state index in [1.165, 1.54) is 16.3 Å². The third-order valence-corrected chi connectivity index (χ3v) is 4.50. The van der Waals surface area contributed by atoms with E-state index in [2.05, 4.69) is 27.2 Å². The van der Waals surface area contributed by atoms with E-state index in [4.69, 9.17) is 4.74 Å². The first kappa shape index (κ1) is 15.4. The van der Waals surface area contributed by atoms with E-state index in [0.29, 0.717) is 23.7 Å². The van der Waals surface area contributed by atoms with Crippen LogP contribution in [0.15, 0.2) is 53.5 Å². The minimum absolute atomic E-state index is 0.310. The molecule has 1 saturated heterocycles. The molecule has 1 aliphatic heterocycles. The van der Waals surface area contributed by atoms with Crippen molar-refractivity contribution in [2.45, 2.75) is 6.42 Å². The second-order valence-corrected chi connectivity index (χ2v) is 6.21. The summed E-state index contributed by atoms with van der Waals surface area (Å²) in [5, 5.41) is 6.17. The summed E-state index contributed by atoms with van der Waals surface area (Å²) in [6.07, 6.45) is 2.44. The SMILES string of the molecule is O=C(OCC1CCN(c2ccccc2)C1)c1ccc2n[nH]c(=O)n2c1. The van der Waals surface area contributed by atoms with Gasteiger partial charge in [0.05, 0.1) is 12.2 Å². The zero-order valence-corrected chi connectivity index (χ0v) is 13.6. The number of benzene rings is 1. The van der Waals surface area contributed by atoms with Crippen LogP contribution in [0.5, 0.6) is 0 Å². The summed E-state index contributed by atoms with van der Waals surface area (Å²) in [6.45, 7) is 2.21. The van der Waals surface area contributed by atoms with Crippen molar-refractivity contribution in [2.24, 2.45) is 5.92 Å². The zero-order valence-electron chi connectivity index (χ0n) is 13.6. The lowest BCUT2D eigenvalue weighted by Gasteiger charge is -2.18. The highest BCUT2D eigenvalue weighted by Gasteiger charge is 2.24. The number of hydrogen-bond acceptors (Lipinski definition) is 5. The number of pyridine rings is 1. The smallest absolute Gasteiger partial charge is 0.347 e. The van der Waals surface area contributed by atoms with E-state index in [0.717, 1.165) is 19.5 Å². The highest BCUT2D eigenvalue weighted by molar-refractivity contribution is 5.89. The number of aromatic nitrogens is 3. The van der Waals surface area contributed by atoms with Crippen LogP contribution in [0.2, 0.25) is 0 Å². The molecule has 4 rings (SSSR count). The summed E-state index contributed by atoms with van der Waals surface area (Å²) in [7, 11) is 0. The fourth-order valence-corrected chi connectivity index (χ4v) is 3.15. The van der Waals surface area contributed by atoms with Gasteiger partial charge < -0.3 is 9.64 Å². The van der Waals surface area contributed by atoms with Crippen LogP contribution in [0.3, 0.4) is 0 Å². The Labute approximate surface area is 143 Å². The van der Waals surface area contributed by atoms with Gasteiger partial charge in [0.15, 0.2) is 5.65 Å². The number of fused-ring (bicyclic) bond motifs is 1. The Bertz CT molecular complexity index is 948. The lowest BCUT2D eigenvalue weighted by atomic mass is 10.1. The molecule has 1 N–H and O–H groups in total. The number of para-hydroxylation sites is 1. The molecule has 7 heteroatoms. The summed E-state index contributed by atoms with van der Waals surface area (Å²) in [6, 6.07) is 13.5. The van der Waals surface area contributed by atoms with E-state index < -0.39 is 5.97 Å². The lowest BCUT2D eigenvalue weighted by Crippen LogP contribution is -2.22. The molecule has 2 aromatic heterocycles. The molecule has 0 aliphatic carbocycles. The molecule has 1 fully saturated rings. The molecule has 0 bridgehead atoms. The average molecular weight is 338 g/mol. The first-order chi connectivity index (χ1) is 12.2. The molecule has 1 unspecified atom stereocenters. The van der Waals surface area contributed by atoms with Crippen LogP contribution in [0.25, 0.3) is 5.65 Å². The van der Waals surface area contributed by atoms with E-state index in [1.807, 2.05) is 18.2 Å². The third kappa shape index (κ3) is 3.13. The van der Waals surface area contributed by atoms with Crippen molar-refractivity contribution >= 4 is 17.3 Å². The lowest BCUT2D eigenvalue weighted by molar-refractivity contribution is 0.0450. The van der Waals surface area contributed by atoms with Gasteiger partial charge in [0.2, 0.25) is 0 Å². The number of ether oxygens (including phenoxy) is 1. The van der Waals surface area contributed by atoms with Gasteiger partial charge in [0, 0.05) is 30.9 Å². The van der Waals surface area contributed by atoms with Crippen molar-refractivity contribution in [2.75, 3.05) is 24.6 Å². The molecule has 0 amide bonds. The van der Waals surface area contributed by atoms with Gasteiger partial charge in [0.25, 0.3) is 0 Å². The van der Waals surface area contributed by atoms with Gasteiger partial charge in [-0.15, -0.1) is 0 Å². The predicted octanol–water partition coefficient (Wildman–Crippen LogP) is 1.71. The van der Waals surface area contributed by atoms with Crippen LogP contribution in [0, 0.1) is 5.92 Å². The van der Waals surface area contributed by atoms with Gasteiger partial charge in [-0.2, -0.15) is 5.10 Å². The molecule has 25 heavy (non-hydrogen) atoms. The van der Waals surface area contributed by atoms with Gasteiger partial charge >= 0.3 is 11.7 Å². The third-order valence-electron chi connectivity index (χ3n) is 4.50. The van der Waals surface area contributed by atoms with Crippen LogP contribution in [-0.4, -0.2) is 40.3 Å². The van der Waals surface area contributed by atoms with Gasteiger partial charge in [-0.3, -0.25) is 0 Å². The average Bonchev–Trinajstić information content (AvgIpc) is 3.27. The van der Waals surface area contributed by atoms with Crippen molar-refractivity contribution < 1.29 is 9.53 Å². The first-order valence-corrected chi connectivity index (χ1v) is 8.24. The number of esters is 1. The molecule has 3 aromatic rings. The zero-order chi connectivity index (χ0) is 17.2. The maximum atomic E-state index is 12.2. The number of carbonyl (C=O) groups is 1. The Kier molecular flexibility index (Phi) is 3.97. The largest absolute Gasteiger partial charge is 0.462 e. The molecule has 0 spiro atoms. The van der Waals surface area contributed by atoms with Crippen LogP contribution < -0.4 is 10.6 Å². The fraction of sp³-hybridized carbons (Fsp3) is 0.278. The number of nitrogens with one attached hydrogen (secondary N) is 1. The second-order valence-electron chi connectivity index (χ2n) is 6.21. The minimum Gasteiger partial charge on any atom is -0.462 e. The van der Waals surface area contributed by atoms with Gasteiger partial charge in [-0.05, 0) is 30.7 Å². The number of hydrogen-bond donors (Lipinski definition) is 1. The van der Waals surface area contributed by atoms with E-state index >= 15 is 0 Å². The molecule has 0 saturated carbocycles. The van der Waals surface area contributed by atoms with Gasteiger partial charge in [-0.1, -0.05) is 18.2 Å². The van der Waals surface area contributed by atoms with Crippen LogP contribution in [0.4, 0.5) is 5.69 Å². The molecule has 1 aliphatic rings. The summed E-state index contributed by atoms with van der Waals surface area (Å²) in [5.41, 5.74) is 1.63. The highest BCUT2D eigenvalue weighted by atomic mass is 16.5. The number of rotatable bonds is 4. The summed E-state index contributed by atoms with van der Waals surface area (Å²) < 4.78 is 6.74. The molecule has 1 aromatic carbocycles. The van der Waals surface area contributed by atoms with Crippen molar-refractivity contribution in [3.8, 4) is 0 Å². The molecule has 3 heterocycles. The maximum Gasteiger partial charge on any atom is 0.347 e. The van der Waals surface area contributed by atoms with E-state index in [1.54, 1.807) is 12.1 Å². The number of nitrogens with zero attached hydrogens (tertiary/aromatic N) is 3. The topological polar surface area (TPSA) is 79.7 Å². The van der Waals surface area contributed by atoms with E-state index in [9.17, 15) is 9.59 Å². The summed E-state index contributed by atoms with van der Waals surface area (Å²) in [4.78, 5) is 26.1. The molecule has 1 atom stereocenters. The van der Waals surface area contributed by atoms with E-state index in [-0.39, 0.29) is 5.69 Å². The van der Waals surface area contributed by atoms with Crippen molar-refractivity contribution in [1.82, 2.24) is 14.6 Å². The number of anilines is 1. The monoisotopic (exact) mass is 338 g/mol. The second kappa shape index (κ2) is 6.43. The van der Waals surface area contributed by atoms with Crippen LogP contribution in [-0.2, 0) is 4.74 Å². The highest BCUT2D eigenvalue weighted by Crippen LogP contribution is 2.23. The summed E-state index contributed by atoms with van der Waals surface area (Å²) in [5.74, 6) is -0.113. The molecule has 7 nitrogen and oxygen atoms in total. The molecule has 0 radical (unpaired) electrons. The Balaban J connectivity index is 1.37.